The highest BCUT2D eigenvalue weighted by Gasteiger charge is 2.16. The van der Waals surface area contributed by atoms with E-state index in [4.69, 9.17) is 4.52 Å². The zero-order chi connectivity index (χ0) is 15.5. The number of hydrogen-bond donors (Lipinski definition) is 1. The molecule has 1 amide bonds. The smallest absolute Gasteiger partial charge is 0.278 e. The number of rotatable bonds is 3. The predicted octanol–water partition coefficient (Wildman–Crippen LogP) is 4.21. The highest BCUT2D eigenvalue weighted by Crippen LogP contribution is 2.21. The Hall–Kier alpha value is -2.88. The number of amides is 1. The predicted molar refractivity (Wildman–Crippen MR) is 85.8 cm³/mol. The van der Waals surface area contributed by atoms with Crippen LogP contribution in [0.3, 0.4) is 0 Å². The van der Waals surface area contributed by atoms with Gasteiger partial charge in [-0.25, -0.2) is 0 Å². The minimum absolute atomic E-state index is 0.262. The van der Waals surface area contributed by atoms with Gasteiger partial charge in [-0.3, -0.25) is 4.79 Å². The molecule has 22 heavy (non-hydrogen) atoms. The number of aryl methyl sites for hydroxylation is 1. The average Bonchev–Trinajstić information content (AvgIpc) is 2.88. The van der Waals surface area contributed by atoms with Crippen LogP contribution in [0.1, 0.15) is 21.8 Å². The van der Waals surface area contributed by atoms with E-state index in [0.717, 1.165) is 22.4 Å². The third-order valence-electron chi connectivity index (χ3n) is 3.62. The maximum absolute atomic E-state index is 12.2. The molecule has 3 rings (SSSR count). The van der Waals surface area contributed by atoms with Gasteiger partial charge in [0.2, 0.25) is 0 Å². The van der Waals surface area contributed by atoms with E-state index in [0.29, 0.717) is 11.5 Å². The van der Waals surface area contributed by atoms with Crippen molar-refractivity contribution in [2.45, 2.75) is 13.8 Å². The summed E-state index contributed by atoms with van der Waals surface area (Å²) in [5.41, 5.74) is 4.06. The summed E-state index contributed by atoms with van der Waals surface area (Å²) in [5, 5.41) is 6.62. The van der Waals surface area contributed by atoms with Crippen LogP contribution in [-0.4, -0.2) is 11.1 Å². The standard InChI is InChI=1S/C18H16N2O2/c1-12-13(2)22-20-17(12)18(21)19-16-10-8-15(9-11-16)14-6-4-3-5-7-14/h3-11H,1-2H3,(H,19,21). The molecule has 0 aliphatic carbocycles. The number of hydrogen-bond acceptors (Lipinski definition) is 3. The van der Waals surface area contributed by atoms with E-state index in [2.05, 4.69) is 22.6 Å². The zero-order valence-electron chi connectivity index (χ0n) is 12.5. The van der Waals surface area contributed by atoms with E-state index in [1.54, 1.807) is 6.92 Å². The molecule has 110 valence electrons. The van der Waals surface area contributed by atoms with E-state index in [-0.39, 0.29) is 5.91 Å². The summed E-state index contributed by atoms with van der Waals surface area (Å²) in [5.74, 6) is 0.395. The summed E-state index contributed by atoms with van der Waals surface area (Å²) in [6.45, 7) is 3.60. The fourth-order valence-electron chi connectivity index (χ4n) is 2.20. The van der Waals surface area contributed by atoms with Gasteiger partial charge < -0.3 is 9.84 Å². The van der Waals surface area contributed by atoms with Crippen LogP contribution < -0.4 is 5.32 Å². The molecule has 1 N–H and O–H groups in total. The lowest BCUT2D eigenvalue weighted by atomic mass is 10.1. The van der Waals surface area contributed by atoms with Crippen molar-refractivity contribution in [3.8, 4) is 11.1 Å². The van der Waals surface area contributed by atoms with E-state index in [1.807, 2.05) is 49.4 Å². The van der Waals surface area contributed by atoms with Crippen molar-refractivity contribution in [2.75, 3.05) is 5.32 Å². The van der Waals surface area contributed by atoms with E-state index in [9.17, 15) is 4.79 Å². The Labute approximate surface area is 128 Å². The maximum Gasteiger partial charge on any atom is 0.278 e. The molecule has 4 nitrogen and oxygen atoms in total. The van der Waals surface area contributed by atoms with Gasteiger partial charge in [-0.15, -0.1) is 0 Å². The lowest BCUT2D eigenvalue weighted by molar-refractivity contribution is 0.101. The van der Waals surface area contributed by atoms with Crippen LogP contribution in [0, 0.1) is 13.8 Å². The van der Waals surface area contributed by atoms with Crippen molar-refractivity contribution in [1.82, 2.24) is 5.16 Å². The minimum Gasteiger partial charge on any atom is -0.361 e. The molecule has 3 aromatic rings. The van der Waals surface area contributed by atoms with E-state index >= 15 is 0 Å². The second-order valence-corrected chi connectivity index (χ2v) is 5.11. The molecule has 2 aromatic carbocycles. The Morgan fingerprint density at radius 1 is 0.955 bits per heavy atom. The second-order valence-electron chi connectivity index (χ2n) is 5.11. The first-order chi connectivity index (χ1) is 10.6. The van der Waals surface area contributed by atoms with Gasteiger partial charge in [0.05, 0.1) is 0 Å². The molecule has 0 spiro atoms. The summed E-state index contributed by atoms with van der Waals surface area (Å²) in [6, 6.07) is 17.8. The van der Waals surface area contributed by atoms with Gasteiger partial charge >= 0.3 is 0 Å². The lowest BCUT2D eigenvalue weighted by Crippen LogP contribution is -2.13. The van der Waals surface area contributed by atoms with Gasteiger partial charge in [-0.2, -0.15) is 0 Å². The molecule has 4 heteroatoms. The normalized spacial score (nSPS) is 10.5. The van der Waals surface area contributed by atoms with E-state index in [1.165, 1.54) is 0 Å². The van der Waals surface area contributed by atoms with Crippen molar-refractivity contribution < 1.29 is 9.32 Å². The number of aromatic nitrogens is 1. The molecule has 0 atom stereocenters. The van der Waals surface area contributed by atoms with Crippen molar-refractivity contribution in [1.29, 1.82) is 0 Å². The van der Waals surface area contributed by atoms with Gasteiger partial charge in [0, 0.05) is 11.3 Å². The lowest BCUT2D eigenvalue weighted by Gasteiger charge is -2.06. The summed E-state index contributed by atoms with van der Waals surface area (Å²) >= 11 is 0. The highest BCUT2D eigenvalue weighted by atomic mass is 16.5. The first-order valence-electron chi connectivity index (χ1n) is 7.05. The summed E-state index contributed by atoms with van der Waals surface area (Å²) in [7, 11) is 0. The van der Waals surface area contributed by atoms with Crippen LogP contribution in [0.15, 0.2) is 59.1 Å². The van der Waals surface area contributed by atoms with Gasteiger partial charge in [-0.1, -0.05) is 47.6 Å². The molecule has 0 unspecified atom stereocenters. The maximum atomic E-state index is 12.2. The van der Waals surface area contributed by atoms with Crippen LogP contribution in [-0.2, 0) is 0 Å². The summed E-state index contributed by atoms with van der Waals surface area (Å²) in [4.78, 5) is 12.2. The fraction of sp³-hybridized carbons (Fsp3) is 0.111. The molecule has 0 fully saturated rings. The van der Waals surface area contributed by atoms with Gasteiger partial charge in [-0.05, 0) is 37.1 Å². The van der Waals surface area contributed by atoms with Crippen LogP contribution >= 0.6 is 0 Å². The Kier molecular flexibility index (Phi) is 3.74. The quantitative estimate of drug-likeness (QED) is 0.786. The third-order valence-corrected chi connectivity index (χ3v) is 3.62. The zero-order valence-corrected chi connectivity index (χ0v) is 12.5. The molecule has 1 heterocycles. The molecule has 0 radical (unpaired) electrons. The first kappa shape index (κ1) is 14.1. The Bertz CT molecular complexity index is 790. The van der Waals surface area contributed by atoms with Crippen LogP contribution in [0.2, 0.25) is 0 Å². The van der Waals surface area contributed by atoms with E-state index < -0.39 is 0 Å². The molecular formula is C18H16N2O2. The molecule has 0 saturated heterocycles. The molecule has 0 aliphatic rings. The number of nitrogens with one attached hydrogen (secondary N) is 1. The fourth-order valence-corrected chi connectivity index (χ4v) is 2.20. The molecular weight excluding hydrogens is 276 g/mol. The third kappa shape index (κ3) is 2.76. The largest absolute Gasteiger partial charge is 0.361 e. The molecule has 0 aliphatic heterocycles. The minimum atomic E-state index is -0.262. The number of carbonyl (C=O) groups excluding carboxylic acids is 1. The summed E-state index contributed by atoms with van der Waals surface area (Å²) < 4.78 is 5.02. The number of benzene rings is 2. The van der Waals surface area contributed by atoms with Crippen molar-refractivity contribution >= 4 is 11.6 Å². The van der Waals surface area contributed by atoms with Crippen molar-refractivity contribution in [3.05, 3.63) is 71.6 Å². The number of nitrogens with zero attached hydrogens (tertiary/aromatic N) is 1. The molecule has 0 saturated carbocycles. The molecule has 0 bridgehead atoms. The highest BCUT2D eigenvalue weighted by molar-refractivity contribution is 6.03. The van der Waals surface area contributed by atoms with Crippen LogP contribution in [0.5, 0.6) is 0 Å². The Balaban J connectivity index is 1.77. The van der Waals surface area contributed by atoms with Crippen LogP contribution in [0.25, 0.3) is 11.1 Å². The molecule has 1 aromatic heterocycles. The first-order valence-corrected chi connectivity index (χ1v) is 7.05. The SMILES string of the molecule is Cc1onc(C(=O)Nc2ccc(-c3ccccc3)cc2)c1C. The number of anilines is 1. The Morgan fingerprint density at radius 3 is 2.18 bits per heavy atom. The average molecular weight is 292 g/mol. The Morgan fingerprint density at radius 2 is 1.59 bits per heavy atom. The monoisotopic (exact) mass is 292 g/mol. The number of carbonyl (C=O) groups is 1. The van der Waals surface area contributed by atoms with Gasteiger partial charge in [0.1, 0.15) is 5.76 Å². The summed E-state index contributed by atoms with van der Waals surface area (Å²) in [6.07, 6.45) is 0. The second kappa shape index (κ2) is 5.85. The van der Waals surface area contributed by atoms with Crippen LogP contribution in [0.4, 0.5) is 5.69 Å². The van der Waals surface area contributed by atoms with Crippen molar-refractivity contribution in [3.63, 3.8) is 0 Å². The van der Waals surface area contributed by atoms with Crippen molar-refractivity contribution in [2.24, 2.45) is 0 Å². The van der Waals surface area contributed by atoms with Gasteiger partial charge in [0.15, 0.2) is 5.69 Å². The van der Waals surface area contributed by atoms with Gasteiger partial charge in [0.25, 0.3) is 5.91 Å². The topological polar surface area (TPSA) is 55.1 Å².